The van der Waals surface area contributed by atoms with Crippen LogP contribution in [0.15, 0.2) is 35.1 Å². The van der Waals surface area contributed by atoms with Crippen LogP contribution in [-0.4, -0.2) is 16.1 Å². The van der Waals surface area contributed by atoms with Crippen molar-refractivity contribution in [1.29, 1.82) is 0 Å². The van der Waals surface area contributed by atoms with Crippen molar-refractivity contribution in [2.45, 2.75) is 13.5 Å². The lowest BCUT2D eigenvalue weighted by Gasteiger charge is -2.13. The number of carbonyl (C=O) groups is 1. The minimum Gasteiger partial charge on any atom is -0.488 e. The first-order valence-electron chi connectivity index (χ1n) is 5.73. The van der Waals surface area contributed by atoms with Crippen molar-refractivity contribution in [1.82, 2.24) is 4.98 Å². The molecule has 6 heteroatoms. The Morgan fingerprint density at radius 1 is 1.50 bits per heavy atom. The van der Waals surface area contributed by atoms with Crippen molar-refractivity contribution in [2.24, 2.45) is 0 Å². The number of halogens is 2. The molecule has 1 heterocycles. The van der Waals surface area contributed by atoms with Crippen LogP contribution in [0.3, 0.4) is 0 Å². The van der Waals surface area contributed by atoms with E-state index in [1.807, 2.05) is 0 Å². The third-order valence-corrected chi connectivity index (χ3v) is 3.50. The van der Waals surface area contributed by atoms with E-state index in [9.17, 15) is 9.90 Å². The van der Waals surface area contributed by atoms with Gasteiger partial charge in [0.25, 0.3) is 0 Å². The Balaban J connectivity index is 2.30. The summed E-state index contributed by atoms with van der Waals surface area (Å²) in [5, 5.41) is 9.71. The zero-order valence-electron chi connectivity index (χ0n) is 10.6. The van der Waals surface area contributed by atoms with Gasteiger partial charge in [-0.2, -0.15) is 0 Å². The Morgan fingerprint density at radius 3 is 2.90 bits per heavy atom. The lowest BCUT2D eigenvalue weighted by atomic mass is 10.1. The first kappa shape index (κ1) is 14.8. The molecule has 1 aromatic carbocycles. The van der Waals surface area contributed by atoms with Gasteiger partial charge in [-0.15, -0.1) is 0 Å². The molecule has 0 saturated heterocycles. The fraction of sp³-hybridized carbons (Fsp3) is 0.143. The van der Waals surface area contributed by atoms with Crippen molar-refractivity contribution < 1.29 is 14.6 Å². The number of rotatable bonds is 4. The average molecular weight is 357 g/mol. The molecule has 0 radical (unpaired) electrons. The number of carboxylic acid groups (broad SMARTS) is 1. The molecule has 0 saturated carbocycles. The van der Waals surface area contributed by atoms with E-state index in [1.165, 1.54) is 12.3 Å². The van der Waals surface area contributed by atoms with Gasteiger partial charge in [-0.05, 0) is 30.7 Å². The van der Waals surface area contributed by atoms with Gasteiger partial charge in [0.15, 0.2) is 0 Å². The highest BCUT2D eigenvalue weighted by Crippen LogP contribution is 2.29. The third kappa shape index (κ3) is 3.29. The molecule has 0 aliphatic rings. The Kier molecular flexibility index (Phi) is 4.62. The van der Waals surface area contributed by atoms with Gasteiger partial charge < -0.3 is 9.84 Å². The molecule has 20 heavy (non-hydrogen) atoms. The summed E-state index contributed by atoms with van der Waals surface area (Å²) in [4.78, 5) is 15.2. The van der Waals surface area contributed by atoms with Gasteiger partial charge in [0, 0.05) is 22.4 Å². The second kappa shape index (κ2) is 6.24. The summed E-state index contributed by atoms with van der Waals surface area (Å²) < 4.78 is 6.33. The number of carboxylic acids is 1. The lowest BCUT2D eigenvalue weighted by Crippen LogP contribution is -2.05. The summed E-state index contributed by atoms with van der Waals surface area (Å²) in [5.41, 5.74) is 1.60. The highest BCUT2D eigenvalue weighted by atomic mass is 79.9. The van der Waals surface area contributed by atoms with Crippen LogP contribution in [0.4, 0.5) is 0 Å². The summed E-state index contributed by atoms with van der Waals surface area (Å²) in [6, 6.07) is 5.05. The maximum atomic E-state index is 11.3. The van der Waals surface area contributed by atoms with Crippen LogP contribution in [0.25, 0.3) is 0 Å². The number of aryl methyl sites for hydroxylation is 1. The van der Waals surface area contributed by atoms with E-state index in [2.05, 4.69) is 20.9 Å². The quantitative estimate of drug-likeness (QED) is 0.896. The van der Waals surface area contributed by atoms with Crippen molar-refractivity contribution >= 4 is 33.5 Å². The highest BCUT2D eigenvalue weighted by Gasteiger charge is 2.15. The minimum absolute atomic E-state index is 0.113. The Hall–Kier alpha value is -1.59. The first-order valence-corrected chi connectivity index (χ1v) is 6.90. The van der Waals surface area contributed by atoms with E-state index in [1.54, 1.807) is 25.3 Å². The van der Waals surface area contributed by atoms with Gasteiger partial charge in [-0.25, -0.2) is 4.79 Å². The van der Waals surface area contributed by atoms with Crippen LogP contribution in [0.2, 0.25) is 5.02 Å². The summed E-state index contributed by atoms with van der Waals surface area (Å²) in [5.74, 6) is -0.696. The number of pyridine rings is 1. The molecule has 0 atom stereocenters. The molecule has 0 unspecified atom stereocenters. The zero-order valence-corrected chi connectivity index (χ0v) is 12.9. The van der Waals surface area contributed by atoms with Crippen LogP contribution in [0, 0.1) is 6.92 Å². The molecule has 0 aliphatic carbocycles. The van der Waals surface area contributed by atoms with Gasteiger partial charge in [0.1, 0.15) is 17.9 Å². The van der Waals surface area contributed by atoms with Gasteiger partial charge in [-0.1, -0.05) is 27.5 Å². The van der Waals surface area contributed by atoms with Crippen molar-refractivity contribution in [2.75, 3.05) is 0 Å². The van der Waals surface area contributed by atoms with Gasteiger partial charge in [0.05, 0.1) is 5.02 Å². The predicted octanol–water partition coefficient (Wildman–Crippen LogP) is 4.08. The van der Waals surface area contributed by atoms with Crippen LogP contribution in [0.1, 0.15) is 21.5 Å². The van der Waals surface area contributed by atoms with E-state index in [0.717, 1.165) is 11.1 Å². The number of aromatic carboxylic acids is 1. The second-order valence-electron chi connectivity index (χ2n) is 4.16. The maximum absolute atomic E-state index is 11.3. The normalized spacial score (nSPS) is 10.3. The van der Waals surface area contributed by atoms with Crippen LogP contribution in [0.5, 0.6) is 5.75 Å². The van der Waals surface area contributed by atoms with Crippen LogP contribution >= 0.6 is 27.5 Å². The van der Waals surface area contributed by atoms with E-state index in [4.69, 9.17) is 16.3 Å². The minimum atomic E-state index is -1.04. The topological polar surface area (TPSA) is 59.4 Å². The number of nitrogens with zero attached hydrogens (tertiary/aromatic N) is 1. The molecule has 2 rings (SSSR count). The summed E-state index contributed by atoms with van der Waals surface area (Å²) in [6.07, 6.45) is 3.13. The Bertz CT molecular complexity index is 661. The first-order chi connectivity index (χ1) is 9.49. The van der Waals surface area contributed by atoms with E-state index in [0.29, 0.717) is 15.2 Å². The molecule has 0 spiro atoms. The number of ether oxygens (including phenoxy) is 1. The molecule has 1 aromatic heterocycles. The van der Waals surface area contributed by atoms with Crippen molar-refractivity contribution in [3.05, 3.63) is 56.8 Å². The molecule has 4 nitrogen and oxygen atoms in total. The molecule has 0 aliphatic heterocycles. The fourth-order valence-corrected chi connectivity index (χ4v) is 2.50. The molecule has 2 aromatic rings. The largest absolute Gasteiger partial charge is 0.488 e. The van der Waals surface area contributed by atoms with Crippen molar-refractivity contribution in [3.63, 3.8) is 0 Å². The Labute approximate surface area is 129 Å². The predicted molar refractivity (Wildman–Crippen MR) is 79.4 cm³/mol. The zero-order chi connectivity index (χ0) is 14.7. The van der Waals surface area contributed by atoms with E-state index < -0.39 is 5.97 Å². The lowest BCUT2D eigenvalue weighted by molar-refractivity contribution is 0.0691. The molecule has 104 valence electrons. The Morgan fingerprint density at radius 2 is 2.25 bits per heavy atom. The van der Waals surface area contributed by atoms with Gasteiger partial charge >= 0.3 is 5.97 Å². The summed E-state index contributed by atoms with van der Waals surface area (Å²) in [7, 11) is 0. The average Bonchev–Trinajstić information content (AvgIpc) is 2.38. The number of hydrogen-bond acceptors (Lipinski definition) is 3. The van der Waals surface area contributed by atoms with Gasteiger partial charge in [0.2, 0.25) is 0 Å². The van der Waals surface area contributed by atoms with Crippen molar-refractivity contribution in [3.8, 4) is 5.75 Å². The number of hydrogen-bond donors (Lipinski definition) is 1. The molecule has 0 bridgehead atoms. The molecule has 0 amide bonds. The number of aromatic nitrogens is 1. The van der Waals surface area contributed by atoms with E-state index >= 15 is 0 Å². The molecule has 0 fully saturated rings. The second-order valence-corrected chi connectivity index (χ2v) is 5.48. The molecule has 1 N–H and O–H groups in total. The fourth-order valence-electron chi connectivity index (χ4n) is 1.75. The monoisotopic (exact) mass is 355 g/mol. The standard InChI is InChI=1S/C14H11BrClNO3/c1-8-4-10(15)5-11(14(18)19)13(8)20-7-9-2-3-17-6-12(9)16/h2-6H,7H2,1H3,(H,18,19). The van der Waals surface area contributed by atoms with Crippen LogP contribution < -0.4 is 4.74 Å². The SMILES string of the molecule is Cc1cc(Br)cc(C(=O)O)c1OCc1ccncc1Cl. The summed E-state index contributed by atoms with van der Waals surface area (Å²) in [6.45, 7) is 1.98. The maximum Gasteiger partial charge on any atom is 0.339 e. The molecular formula is C14H11BrClNO3. The summed E-state index contributed by atoms with van der Waals surface area (Å²) >= 11 is 9.27. The van der Waals surface area contributed by atoms with E-state index in [-0.39, 0.29) is 12.2 Å². The number of benzene rings is 1. The smallest absolute Gasteiger partial charge is 0.339 e. The third-order valence-electron chi connectivity index (χ3n) is 2.70. The van der Waals surface area contributed by atoms with Crippen LogP contribution in [-0.2, 0) is 6.61 Å². The molecular weight excluding hydrogens is 346 g/mol. The highest BCUT2D eigenvalue weighted by molar-refractivity contribution is 9.10. The van der Waals surface area contributed by atoms with Gasteiger partial charge in [-0.3, -0.25) is 4.98 Å².